The third kappa shape index (κ3) is 3.39. The first-order valence-corrected chi connectivity index (χ1v) is 4.88. The molecular weight excluding hydrogens is 234 g/mol. The Morgan fingerprint density at radius 3 is 2.65 bits per heavy atom. The molecule has 1 aromatic rings. The van der Waals surface area contributed by atoms with Gasteiger partial charge >= 0.3 is 5.97 Å². The standard InChI is InChI=1S/C11H12F2O4/c1-3-16-11(14)10-8(13)4-7(12)5-9(10)17-6-15-2/h4-5H,3,6H2,1-2H3. The smallest absolute Gasteiger partial charge is 0.344 e. The van der Waals surface area contributed by atoms with Crippen LogP contribution in [0, 0.1) is 11.6 Å². The molecule has 4 nitrogen and oxygen atoms in total. The highest BCUT2D eigenvalue weighted by Crippen LogP contribution is 2.24. The first-order valence-electron chi connectivity index (χ1n) is 4.88. The number of carbonyl (C=O) groups excluding carboxylic acids is 1. The summed E-state index contributed by atoms with van der Waals surface area (Å²) in [6.07, 6.45) is 0. The van der Waals surface area contributed by atoms with Crippen LogP contribution in [0.25, 0.3) is 0 Å². The molecule has 0 aromatic heterocycles. The Kier molecular flexibility index (Phi) is 4.84. The second-order valence-electron chi connectivity index (χ2n) is 3.03. The molecule has 0 bridgehead atoms. The van der Waals surface area contributed by atoms with Crippen molar-refractivity contribution in [2.45, 2.75) is 6.92 Å². The van der Waals surface area contributed by atoms with Crippen molar-refractivity contribution in [2.75, 3.05) is 20.5 Å². The lowest BCUT2D eigenvalue weighted by Gasteiger charge is -2.10. The highest BCUT2D eigenvalue weighted by atomic mass is 19.1. The van der Waals surface area contributed by atoms with Crippen molar-refractivity contribution in [3.05, 3.63) is 29.3 Å². The molecule has 94 valence electrons. The number of esters is 1. The highest BCUT2D eigenvalue weighted by molar-refractivity contribution is 5.92. The first-order chi connectivity index (χ1) is 8.10. The van der Waals surface area contributed by atoms with Crippen LogP contribution in [0.4, 0.5) is 8.78 Å². The molecule has 0 fully saturated rings. The quantitative estimate of drug-likeness (QED) is 0.589. The lowest BCUT2D eigenvalue weighted by molar-refractivity contribution is 0.0429. The van der Waals surface area contributed by atoms with Crippen molar-refractivity contribution in [1.82, 2.24) is 0 Å². The van der Waals surface area contributed by atoms with Gasteiger partial charge in [0.25, 0.3) is 0 Å². The zero-order valence-corrected chi connectivity index (χ0v) is 9.46. The maximum atomic E-state index is 13.5. The number of methoxy groups -OCH3 is 1. The maximum absolute atomic E-state index is 13.5. The predicted molar refractivity (Wildman–Crippen MR) is 54.8 cm³/mol. The number of hydrogen-bond donors (Lipinski definition) is 0. The fraction of sp³-hybridized carbons (Fsp3) is 0.364. The second kappa shape index (κ2) is 6.15. The lowest BCUT2D eigenvalue weighted by Crippen LogP contribution is -2.12. The summed E-state index contributed by atoms with van der Waals surface area (Å²) in [5, 5.41) is 0. The Labute approximate surface area is 97.1 Å². The molecule has 0 aliphatic heterocycles. The lowest BCUT2D eigenvalue weighted by atomic mass is 10.2. The fourth-order valence-electron chi connectivity index (χ4n) is 1.19. The summed E-state index contributed by atoms with van der Waals surface area (Å²) in [5.74, 6) is -3.03. The molecule has 0 saturated heterocycles. The number of ether oxygens (including phenoxy) is 3. The topological polar surface area (TPSA) is 44.8 Å². The second-order valence-corrected chi connectivity index (χ2v) is 3.03. The van der Waals surface area contributed by atoms with Gasteiger partial charge in [0, 0.05) is 19.2 Å². The van der Waals surface area contributed by atoms with E-state index < -0.39 is 23.2 Å². The van der Waals surface area contributed by atoms with Crippen molar-refractivity contribution in [3.63, 3.8) is 0 Å². The van der Waals surface area contributed by atoms with Gasteiger partial charge in [-0.15, -0.1) is 0 Å². The monoisotopic (exact) mass is 246 g/mol. The SMILES string of the molecule is CCOC(=O)c1c(F)cc(F)cc1OCOC. The van der Waals surface area contributed by atoms with Gasteiger partial charge in [0.2, 0.25) is 0 Å². The molecule has 0 atom stereocenters. The van der Waals surface area contributed by atoms with Crippen LogP contribution >= 0.6 is 0 Å². The molecule has 0 aliphatic rings. The van der Waals surface area contributed by atoms with Gasteiger partial charge in [-0.2, -0.15) is 0 Å². The summed E-state index contributed by atoms with van der Waals surface area (Å²) in [7, 11) is 1.35. The molecule has 0 amide bonds. The summed E-state index contributed by atoms with van der Waals surface area (Å²) in [6.45, 7) is 1.43. The number of hydrogen-bond acceptors (Lipinski definition) is 4. The Morgan fingerprint density at radius 1 is 1.35 bits per heavy atom. The molecule has 0 spiro atoms. The van der Waals surface area contributed by atoms with Gasteiger partial charge in [-0.25, -0.2) is 13.6 Å². The van der Waals surface area contributed by atoms with Crippen molar-refractivity contribution in [3.8, 4) is 5.75 Å². The van der Waals surface area contributed by atoms with E-state index in [9.17, 15) is 13.6 Å². The van der Waals surface area contributed by atoms with Crippen LogP contribution < -0.4 is 4.74 Å². The summed E-state index contributed by atoms with van der Waals surface area (Å²) in [4.78, 5) is 11.5. The normalized spacial score (nSPS) is 10.1. The van der Waals surface area contributed by atoms with Gasteiger partial charge in [-0.1, -0.05) is 0 Å². The summed E-state index contributed by atoms with van der Waals surface area (Å²) in [5.41, 5.74) is -0.440. The molecule has 0 saturated carbocycles. The minimum absolute atomic E-state index is 0.0827. The Morgan fingerprint density at radius 2 is 2.06 bits per heavy atom. The molecule has 0 aliphatic carbocycles. The molecule has 1 aromatic carbocycles. The van der Waals surface area contributed by atoms with E-state index in [4.69, 9.17) is 4.74 Å². The van der Waals surface area contributed by atoms with E-state index in [0.29, 0.717) is 6.07 Å². The number of benzene rings is 1. The maximum Gasteiger partial charge on any atom is 0.344 e. The Balaban J connectivity index is 3.10. The van der Waals surface area contributed by atoms with Gasteiger partial charge in [-0.3, -0.25) is 0 Å². The Bertz CT molecular complexity index is 407. The van der Waals surface area contributed by atoms with E-state index >= 15 is 0 Å². The number of carbonyl (C=O) groups is 1. The third-order valence-electron chi connectivity index (χ3n) is 1.83. The highest BCUT2D eigenvalue weighted by Gasteiger charge is 2.21. The van der Waals surface area contributed by atoms with Gasteiger partial charge in [0.15, 0.2) is 6.79 Å². The molecule has 0 unspecified atom stereocenters. The summed E-state index contributed by atoms with van der Waals surface area (Å²) in [6, 6.07) is 1.49. The molecule has 0 heterocycles. The van der Waals surface area contributed by atoms with E-state index in [1.165, 1.54) is 7.11 Å². The first kappa shape index (κ1) is 13.4. The molecule has 6 heteroatoms. The fourth-order valence-corrected chi connectivity index (χ4v) is 1.19. The van der Waals surface area contributed by atoms with E-state index in [2.05, 4.69) is 9.47 Å². The largest absolute Gasteiger partial charge is 0.466 e. The van der Waals surface area contributed by atoms with E-state index in [1.54, 1.807) is 6.92 Å². The van der Waals surface area contributed by atoms with Crippen molar-refractivity contribution < 1.29 is 27.8 Å². The van der Waals surface area contributed by atoms with Crippen LogP contribution in [-0.4, -0.2) is 26.5 Å². The zero-order chi connectivity index (χ0) is 12.8. The summed E-state index contributed by atoms with van der Waals surface area (Å²) < 4.78 is 40.6. The molecule has 0 radical (unpaired) electrons. The van der Waals surface area contributed by atoms with Gasteiger partial charge < -0.3 is 14.2 Å². The number of rotatable bonds is 5. The van der Waals surface area contributed by atoms with Crippen LogP contribution in [-0.2, 0) is 9.47 Å². The number of halogens is 2. The van der Waals surface area contributed by atoms with E-state index in [0.717, 1.165) is 6.07 Å². The summed E-state index contributed by atoms with van der Waals surface area (Å²) >= 11 is 0. The van der Waals surface area contributed by atoms with Crippen LogP contribution in [0.1, 0.15) is 17.3 Å². The van der Waals surface area contributed by atoms with Crippen LogP contribution in [0.3, 0.4) is 0 Å². The average molecular weight is 246 g/mol. The molecule has 0 N–H and O–H groups in total. The molecule has 17 heavy (non-hydrogen) atoms. The Hall–Kier alpha value is -1.69. The van der Waals surface area contributed by atoms with Crippen LogP contribution in [0.5, 0.6) is 5.75 Å². The van der Waals surface area contributed by atoms with E-state index in [1.807, 2.05) is 0 Å². The molecule has 1 rings (SSSR count). The minimum Gasteiger partial charge on any atom is -0.466 e. The van der Waals surface area contributed by atoms with Crippen molar-refractivity contribution in [1.29, 1.82) is 0 Å². The van der Waals surface area contributed by atoms with Crippen LogP contribution in [0.2, 0.25) is 0 Å². The predicted octanol–water partition coefficient (Wildman–Crippen LogP) is 2.12. The van der Waals surface area contributed by atoms with Crippen molar-refractivity contribution in [2.24, 2.45) is 0 Å². The van der Waals surface area contributed by atoms with Gasteiger partial charge in [-0.05, 0) is 6.92 Å². The van der Waals surface area contributed by atoms with Crippen molar-refractivity contribution >= 4 is 5.97 Å². The van der Waals surface area contributed by atoms with Gasteiger partial charge in [0.1, 0.15) is 22.9 Å². The third-order valence-corrected chi connectivity index (χ3v) is 1.83. The molecular formula is C11H12F2O4. The van der Waals surface area contributed by atoms with Crippen LogP contribution in [0.15, 0.2) is 12.1 Å². The zero-order valence-electron chi connectivity index (χ0n) is 9.46. The average Bonchev–Trinajstić information content (AvgIpc) is 2.25. The van der Waals surface area contributed by atoms with Gasteiger partial charge in [0.05, 0.1) is 6.61 Å². The minimum atomic E-state index is -1.03. The van der Waals surface area contributed by atoms with E-state index in [-0.39, 0.29) is 19.1 Å².